The third-order valence-corrected chi connectivity index (χ3v) is 5.84. The fourth-order valence-electron chi connectivity index (χ4n) is 3.47. The average Bonchev–Trinajstić information content (AvgIpc) is 2.47. The maximum atomic E-state index is 11.6. The van der Waals surface area contributed by atoms with Gasteiger partial charge in [0.1, 0.15) is 0 Å². The van der Waals surface area contributed by atoms with E-state index in [0.717, 1.165) is 18.7 Å². The third kappa shape index (κ3) is 3.30. The normalized spacial score (nSPS) is 18.7. The minimum Gasteiger partial charge on any atom is -0.301 e. The average molecular weight is 350 g/mol. The van der Waals surface area contributed by atoms with Crippen molar-refractivity contribution < 1.29 is 8.42 Å². The zero-order valence-corrected chi connectivity index (χ0v) is 15.1. The third-order valence-electron chi connectivity index (χ3n) is 4.49. The summed E-state index contributed by atoms with van der Waals surface area (Å²) in [7, 11) is 3.89. The fourth-order valence-corrected chi connectivity index (χ4v) is 4.28. The number of halogens is 1. The van der Waals surface area contributed by atoms with Gasteiger partial charge in [-0.1, -0.05) is 29.8 Å². The highest BCUT2D eigenvalue weighted by Crippen LogP contribution is 2.36. The lowest BCUT2D eigenvalue weighted by molar-refractivity contribution is 0.294. The summed E-state index contributed by atoms with van der Waals surface area (Å²) < 4.78 is 23.3. The van der Waals surface area contributed by atoms with Gasteiger partial charge in [0.2, 0.25) is 0 Å². The van der Waals surface area contributed by atoms with E-state index in [2.05, 4.69) is 37.9 Å². The molecule has 0 spiro atoms. The van der Waals surface area contributed by atoms with E-state index in [0.29, 0.717) is 0 Å². The number of aryl methyl sites for hydroxylation is 2. The maximum absolute atomic E-state index is 11.6. The molecule has 0 bridgehead atoms. The van der Waals surface area contributed by atoms with Gasteiger partial charge in [-0.2, -0.15) is 0 Å². The molecule has 1 heterocycles. The first kappa shape index (κ1) is 16.5. The molecule has 1 atom stereocenters. The second kappa shape index (κ2) is 5.93. The minimum absolute atomic E-state index is 0.153. The van der Waals surface area contributed by atoms with Crippen LogP contribution in [0.5, 0.6) is 0 Å². The van der Waals surface area contributed by atoms with Gasteiger partial charge in [-0.15, -0.1) is 0 Å². The lowest BCUT2D eigenvalue weighted by Crippen LogP contribution is -2.31. The summed E-state index contributed by atoms with van der Waals surface area (Å²) in [5.41, 5.74) is 6.15. The summed E-state index contributed by atoms with van der Waals surface area (Å²) in [6.07, 6.45) is 0. The highest BCUT2D eigenvalue weighted by atomic mass is 35.7. The van der Waals surface area contributed by atoms with Gasteiger partial charge in [0, 0.05) is 29.7 Å². The molecule has 0 saturated carbocycles. The predicted octanol–water partition coefficient (Wildman–Crippen LogP) is 3.81. The van der Waals surface area contributed by atoms with Gasteiger partial charge < -0.3 is 4.90 Å². The van der Waals surface area contributed by atoms with Gasteiger partial charge in [-0.25, -0.2) is 8.42 Å². The van der Waals surface area contributed by atoms with Gasteiger partial charge in [0.15, 0.2) is 0 Å². The molecule has 1 unspecified atom stereocenters. The first-order valence-corrected chi connectivity index (χ1v) is 9.90. The zero-order valence-electron chi connectivity index (χ0n) is 13.5. The smallest absolute Gasteiger partial charge is 0.261 e. The Balaban J connectivity index is 2.15. The van der Waals surface area contributed by atoms with Crippen LogP contribution in [0.1, 0.15) is 33.7 Å². The molecule has 0 aromatic heterocycles. The van der Waals surface area contributed by atoms with Gasteiger partial charge in [0.25, 0.3) is 9.05 Å². The van der Waals surface area contributed by atoms with Gasteiger partial charge in [-0.05, 0) is 55.3 Å². The van der Waals surface area contributed by atoms with Crippen molar-refractivity contribution in [2.45, 2.75) is 31.2 Å². The van der Waals surface area contributed by atoms with Crippen LogP contribution < -0.4 is 0 Å². The van der Waals surface area contributed by atoms with E-state index in [1.807, 2.05) is 6.07 Å². The molecule has 1 aliphatic rings. The standard InChI is InChI=1S/C18H20ClNO2S/c1-12-7-13(2)17-10-20(3)11-18(16(17)8-12)14-5-4-6-15(9-14)23(19,21)22/h4-9,18H,10-11H2,1-3H3. The predicted molar refractivity (Wildman–Crippen MR) is 93.6 cm³/mol. The molecule has 0 saturated heterocycles. The molecule has 0 radical (unpaired) electrons. The second-order valence-corrected chi connectivity index (χ2v) is 8.98. The molecule has 0 fully saturated rings. The van der Waals surface area contributed by atoms with Crippen LogP contribution in [0, 0.1) is 13.8 Å². The Morgan fingerprint density at radius 1 is 1.17 bits per heavy atom. The minimum atomic E-state index is -3.71. The van der Waals surface area contributed by atoms with E-state index in [-0.39, 0.29) is 10.8 Å². The summed E-state index contributed by atoms with van der Waals surface area (Å²) in [4.78, 5) is 2.44. The lowest BCUT2D eigenvalue weighted by Gasteiger charge is -2.34. The van der Waals surface area contributed by atoms with Crippen LogP contribution in [-0.4, -0.2) is 26.9 Å². The molecule has 0 N–H and O–H groups in total. The van der Waals surface area contributed by atoms with Crippen molar-refractivity contribution >= 4 is 19.7 Å². The summed E-state index contributed by atoms with van der Waals surface area (Å²) in [6.45, 7) is 6.02. The number of hydrogen-bond acceptors (Lipinski definition) is 3. The Labute approximate surface area is 142 Å². The number of fused-ring (bicyclic) bond motifs is 1. The largest absolute Gasteiger partial charge is 0.301 e. The molecule has 5 heteroatoms. The van der Waals surface area contributed by atoms with Crippen molar-refractivity contribution in [3.8, 4) is 0 Å². The fraction of sp³-hybridized carbons (Fsp3) is 0.333. The molecule has 2 aromatic rings. The highest BCUT2D eigenvalue weighted by molar-refractivity contribution is 8.13. The molecule has 0 amide bonds. The quantitative estimate of drug-likeness (QED) is 0.774. The number of rotatable bonds is 2. The first-order chi connectivity index (χ1) is 10.8. The Hall–Kier alpha value is -1.36. The number of benzene rings is 2. The Morgan fingerprint density at radius 2 is 1.91 bits per heavy atom. The van der Waals surface area contributed by atoms with Crippen molar-refractivity contribution in [2.75, 3.05) is 13.6 Å². The molecule has 1 aliphatic heterocycles. The summed E-state index contributed by atoms with van der Waals surface area (Å²) in [6, 6.07) is 11.4. The van der Waals surface area contributed by atoms with Crippen molar-refractivity contribution in [1.82, 2.24) is 4.90 Å². The van der Waals surface area contributed by atoms with Crippen LogP contribution in [0.2, 0.25) is 0 Å². The number of likely N-dealkylation sites (N-methyl/N-ethyl adjacent to an activating group) is 1. The van der Waals surface area contributed by atoms with E-state index < -0.39 is 9.05 Å². The second-order valence-electron chi connectivity index (χ2n) is 6.41. The zero-order chi connectivity index (χ0) is 16.8. The van der Waals surface area contributed by atoms with E-state index in [1.54, 1.807) is 18.2 Å². The highest BCUT2D eigenvalue weighted by Gasteiger charge is 2.27. The van der Waals surface area contributed by atoms with Crippen molar-refractivity contribution in [1.29, 1.82) is 0 Å². The monoisotopic (exact) mass is 349 g/mol. The van der Waals surface area contributed by atoms with Gasteiger partial charge in [-0.3, -0.25) is 0 Å². The van der Waals surface area contributed by atoms with E-state index in [9.17, 15) is 8.42 Å². The Kier molecular flexibility index (Phi) is 4.25. The van der Waals surface area contributed by atoms with Crippen LogP contribution >= 0.6 is 10.7 Å². The molecule has 0 aliphatic carbocycles. The Bertz CT molecular complexity index is 861. The van der Waals surface area contributed by atoms with E-state index in [1.165, 1.54) is 22.3 Å². The summed E-state index contributed by atoms with van der Waals surface area (Å²) in [5.74, 6) is 0.153. The number of nitrogens with zero attached hydrogens (tertiary/aromatic N) is 1. The van der Waals surface area contributed by atoms with Crippen LogP contribution in [-0.2, 0) is 15.6 Å². The van der Waals surface area contributed by atoms with Crippen molar-refractivity contribution in [2.24, 2.45) is 0 Å². The van der Waals surface area contributed by atoms with E-state index in [4.69, 9.17) is 10.7 Å². The van der Waals surface area contributed by atoms with Crippen molar-refractivity contribution in [3.63, 3.8) is 0 Å². The van der Waals surface area contributed by atoms with Crippen LogP contribution in [0.3, 0.4) is 0 Å². The molecular weight excluding hydrogens is 330 g/mol. The van der Waals surface area contributed by atoms with Gasteiger partial charge >= 0.3 is 0 Å². The molecule has 3 nitrogen and oxygen atoms in total. The van der Waals surface area contributed by atoms with Crippen LogP contribution in [0.25, 0.3) is 0 Å². The Morgan fingerprint density at radius 3 is 2.61 bits per heavy atom. The van der Waals surface area contributed by atoms with E-state index >= 15 is 0 Å². The lowest BCUT2D eigenvalue weighted by atomic mass is 9.82. The first-order valence-electron chi connectivity index (χ1n) is 7.59. The van der Waals surface area contributed by atoms with Gasteiger partial charge in [0.05, 0.1) is 4.90 Å². The summed E-state index contributed by atoms with van der Waals surface area (Å²) >= 11 is 0. The molecule has 2 aromatic carbocycles. The SMILES string of the molecule is Cc1cc(C)c2c(c1)C(c1cccc(S(=O)(=O)Cl)c1)CN(C)C2. The topological polar surface area (TPSA) is 37.4 Å². The molecule has 122 valence electrons. The number of hydrogen-bond donors (Lipinski definition) is 0. The summed E-state index contributed by atoms with van der Waals surface area (Å²) in [5, 5.41) is 0. The van der Waals surface area contributed by atoms with Crippen molar-refractivity contribution in [3.05, 3.63) is 64.2 Å². The van der Waals surface area contributed by atoms with Crippen LogP contribution in [0.4, 0.5) is 0 Å². The molecular formula is C18H20ClNO2S. The molecule has 23 heavy (non-hydrogen) atoms. The maximum Gasteiger partial charge on any atom is 0.261 e. The molecule has 3 rings (SSSR count). The van der Waals surface area contributed by atoms with Crippen LogP contribution in [0.15, 0.2) is 41.3 Å².